The molecule has 0 aliphatic heterocycles. The predicted octanol–water partition coefficient (Wildman–Crippen LogP) is 2.02. The Bertz CT molecular complexity index is 332. The molecule has 2 atom stereocenters. The summed E-state index contributed by atoms with van der Waals surface area (Å²) in [5.41, 5.74) is -1.12. The summed E-state index contributed by atoms with van der Waals surface area (Å²) in [6, 6.07) is 0. The average Bonchev–Trinajstić information content (AvgIpc) is 2.56. The standard InChI is InChI=1S/C12H19NO3/c1-11(2,3)16-10(15)13-12-5-4-8(7-12)6-9(12)14/h8H,4-7H2,1-3H3,(H,13,15)/t8-,12-/m1/s1. The van der Waals surface area contributed by atoms with Gasteiger partial charge < -0.3 is 10.1 Å². The van der Waals surface area contributed by atoms with E-state index in [1.807, 2.05) is 20.8 Å². The molecule has 1 N–H and O–H groups in total. The van der Waals surface area contributed by atoms with E-state index in [2.05, 4.69) is 5.32 Å². The van der Waals surface area contributed by atoms with Gasteiger partial charge in [0, 0.05) is 6.42 Å². The van der Waals surface area contributed by atoms with Crippen LogP contribution in [0.3, 0.4) is 0 Å². The largest absolute Gasteiger partial charge is 0.444 e. The fraction of sp³-hybridized carbons (Fsp3) is 0.833. The SMILES string of the molecule is CC(C)(C)OC(=O)N[C@@]12CC[C@H](CC1=O)C2. The average molecular weight is 225 g/mol. The number of fused-ring (bicyclic) bond motifs is 2. The van der Waals surface area contributed by atoms with Gasteiger partial charge in [-0.2, -0.15) is 0 Å². The molecule has 1 amide bonds. The second-order valence-electron chi connectivity index (χ2n) is 5.95. The van der Waals surface area contributed by atoms with E-state index in [9.17, 15) is 9.59 Å². The van der Waals surface area contributed by atoms with E-state index in [0.717, 1.165) is 19.3 Å². The molecule has 0 aromatic carbocycles. The van der Waals surface area contributed by atoms with Gasteiger partial charge in [-0.1, -0.05) is 0 Å². The molecule has 2 bridgehead atoms. The minimum Gasteiger partial charge on any atom is -0.444 e. The fourth-order valence-corrected chi connectivity index (χ4v) is 2.71. The third kappa shape index (κ3) is 2.06. The summed E-state index contributed by atoms with van der Waals surface area (Å²) in [6.45, 7) is 5.45. The molecule has 4 nitrogen and oxygen atoms in total. The van der Waals surface area contributed by atoms with E-state index in [4.69, 9.17) is 4.74 Å². The summed E-state index contributed by atoms with van der Waals surface area (Å²) < 4.78 is 5.19. The van der Waals surface area contributed by atoms with E-state index < -0.39 is 17.2 Å². The van der Waals surface area contributed by atoms with Gasteiger partial charge in [0.05, 0.1) is 0 Å². The monoisotopic (exact) mass is 225 g/mol. The molecule has 90 valence electrons. The first-order valence-corrected chi connectivity index (χ1v) is 5.85. The van der Waals surface area contributed by atoms with Crippen molar-refractivity contribution in [2.45, 2.75) is 57.6 Å². The lowest BCUT2D eigenvalue weighted by atomic mass is 9.92. The van der Waals surface area contributed by atoms with Gasteiger partial charge in [0.1, 0.15) is 11.1 Å². The van der Waals surface area contributed by atoms with Gasteiger partial charge in [-0.3, -0.25) is 4.79 Å². The Morgan fingerprint density at radius 3 is 2.62 bits per heavy atom. The summed E-state index contributed by atoms with van der Waals surface area (Å²) in [7, 11) is 0. The summed E-state index contributed by atoms with van der Waals surface area (Å²) in [4.78, 5) is 23.4. The molecular formula is C12H19NO3. The second kappa shape index (κ2) is 3.47. The van der Waals surface area contributed by atoms with Gasteiger partial charge in [0.2, 0.25) is 0 Å². The molecule has 2 aliphatic rings. The lowest BCUT2D eigenvalue weighted by Gasteiger charge is -2.28. The van der Waals surface area contributed by atoms with Crippen LogP contribution in [0.5, 0.6) is 0 Å². The highest BCUT2D eigenvalue weighted by molar-refractivity contribution is 5.94. The first-order chi connectivity index (χ1) is 7.31. The van der Waals surface area contributed by atoms with E-state index in [0.29, 0.717) is 12.3 Å². The molecule has 0 radical (unpaired) electrons. The molecule has 0 aromatic rings. The van der Waals surface area contributed by atoms with Gasteiger partial charge in [-0.15, -0.1) is 0 Å². The third-order valence-electron chi connectivity index (χ3n) is 3.36. The van der Waals surface area contributed by atoms with Crippen LogP contribution in [-0.4, -0.2) is 23.0 Å². The van der Waals surface area contributed by atoms with Crippen molar-refractivity contribution in [1.82, 2.24) is 5.32 Å². The Morgan fingerprint density at radius 1 is 1.50 bits per heavy atom. The van der Waals surface area contributed by atoms with Crippen LogP contribution in [-0.2, 0) is 9.53 Å². The molecule has 2 saturated carbocycles. The topological polar surface area (TPSA) is 55.4 Å². The predicted molar refractivity (Wildman–Crippen MR) is 59.1 cm³/mol. The highest BCUT2D eigenvalue weighted by atomic mass is 16.6. The van der Waals surface area contributed by atoms with Crippen molar-refractivity contribution >= 4 is 11.9 Å². The van der Waals surface area contributed by atoms with Crippen LogP contribution < -0.4 is 5.32 Å². The first-order valence-electron chi connectivity index (χ1n) is 5.85. The summed E-state index contributed by atoms with van der Waals surface area (Å²) in [6.07, 6.45) is 2.77. The highest BCUT2D eigenvalue weighted by Crippen LogP contribution is 2.45. The van der Waals surface area contributed by atoms with Crippen molar-refractivity contribution in [1.29, 1.82) is 0 Å². The summed E-state index contributed by atoms with van der Waals surface area (Å²) >= 11 is 0. The maximum absolute atomic E-state index is 11.8. The number of rotatable bonds is 1. The number of nitrogens with one attached hydrogen (secondary N) is 1. The van der Waals surface area contributed by atoms with E-state index in [1.165, 1.54) is 0 Å². The van der Waals surface area contributed by atoms with Gasteiger partial charge in [0.15, 0.2) is 5.78 Å². The second-order valence-corrected chi connectivity index (χ2v) is 5.95. The van der Waals surface area contributed by atoms with Gasteiger partial charge in [0.25, 0.3) is 0 Å². The van der Waals surface area contributed by atoms with Crippen molar-refractivity contribution in [3.8, 4) is 0 Å². The minimum absolute atomic E-state index is 0.176. The van der Waals surface area contributed by atoms with Crippen LogP contribution in [0.25, 0.3) is 0 Å². The van der Waals surface area contributed by atoms with Crippen LogP contribution in [0, 0.1) is 5.92 Å². The molecular weight excluding hydrogens is 206 g/mol. The molecule has 2 aliphatic carbocycles. The molecule has 4 heteroatoms. The summed E-state index contributed by atoms with van der Waals surface area (Å²) in [5.74, 6) is 0.650. The Labute approximate surface area is 95.7 Å². The minimum atomic E-state index is -0.604. The summed E-state index contributed by atoms with van der Waals surface area (Å²) in [5, 5.41) is 2.78. The van der Waals surface area contributed by atoms with Gasteiger partial charge in [-0.25, -0.2) is 4.79 Å². The van der Waals surface area contributed by atoms with E-state index in [-0.39, 0.29) is 5.78 Å². The quantitative estimate of drug-likeness (QED) is 0.742. The zero-order valence-corrected chi connectivity index (χ0v) is 10.1. The van der Waals surface area contributed by atoms with E-state index >= 15 is 0 Å². The molecule has 0 unspecified atom stereocenters. The normalized spacial score (nSPS) is 32.9. The number of hydrogen-bond donors (Lipinski definition) is 1. The lowest BCUT2D eigenvalue weighted by Crippen LogP contribution is -2.52. The lowest BCUT2D eigenvalue weighted by molar-refractivity contribution is -0.124. The number of carbonyl (C=O) groups is 2. The maximum Gasteiger partial charge on any atom is 0.408 e. The Balaban J connectivity index is 1.99. The molecule has 16 heavy (non-hydrogen) atoms. The number of ether oxygens (including phenoxy) is 1. The number of alkyl carbamates (subject to hydrolysis) is 1. The van der Waals surface area contributed by atoms with Crippen LogP contribution in [0.2, 0.25) is 0 Å². The number of carbonyl (C=O) groups excluding carboxylic acids is 2. The molecule has 0 heterocycles. The van der Waals surface area contributed by atoms with Crippen molar-refractivity contribution in [2.24, 2.45) is 5.92 Å². The molecule has 2 fully saturated rings. The van der Waals surface area contributed by atoms with Crippen LogP contribution in [0.15, 0.2) is 0 Å². The first kappa shape index (κ1) is 11.4. The zero-order chi connectivity index (χ0) is 12.0. The van der Waals surface area contributed by atoms with Crippen molar-refractivity contribution in [3.05, 3.63) is 0 Å². The van der Waals surface area contributed by atoms with Crippen molar-refractivity contribution in [3.63, 3.8) is 0 Å². The third-order valence-corrected chi connectivity index (χ3v) is 3.36. The fourth-order valence-electron chi connectivity index (χ4n) is 2.71. The highest BCUT2D eigenvalue weighted by Gasteiger charge is 2.52. The smallest absolute Gasteiger partial charge is 0.408 e. The van der Waals surface area contributed by atoms with Crippen LogP contribution >= 0.6 is 0 Å². The van der Waals surface area contributed by atoms with Crippen molar-refractivity contribution < 1.29 is 14.3 Å². The van der Waals surface area contributed by atoms with Crippen LogP contribution in [0.1, 0.15) is 46.5 Å². The van der Waals surface area contributed by atoms with E-state index in [1.54, 1.807) is 0 Å². The number of Topliss-reactive ketones (excluding diaryl/α,β-unsaturated/α-hetero) is 1. The Kier molecular flexibility index (Phi) is 2.48. The Morgan fingerprint density at radius 2 is 2.19 bits per heavy atom. The number of ketones is 1. The zero-order valence-electron chi connectivity index (χ0n) is 10.1. The molecule has 0 spiro atoms. The number of amides is 1. The van der Waals surface area contributed by atoms with Crippen molar-refractivity contribution in [2.75, 3.05) is 0 Å². The maximum atomic E-state index is 11.8. The van der Waals surface area contributed by atoms with Crippen LogP contribution in [0.4, 0.5) is 4.79 Å². The van der Waals surface area contributed by atoms with Gasteiger partial charge >= 0.3 is 6.09 Å². The Hall–Kier alpha value is -1.06. The molecule has 0 saturated heterocycles. The molecule has 2 rings (SSSR count). The van der Waals surface area contributed by atoms with Gasteiger partial charge in [-0.05, 0) is 46.0 Å². The number of hydrogen-bond acceptors (Lipinski definition) is 3. The molecule has 0 aromatic heterocycles.